The van der Waals surface area contributed by atoms with Gasteiger partial charge in [-0.25, -0.2) is 0 Å². The van der Waals surface area contributed by atoms with Gasteiger partial charge in [-0.15, -0.1) is 0 Å². The zero-order valence-electron chi connectivity index (χ0n) is 8.44. The third-order valence-corrected chi connectivity index (χ3v) is 2.58. The zero-order chi connectivity index (χ0) is 12.1. The van der Waals surface area contributed by atoms with Crippen LogP contribution in [0.2, 0.25) is 0 Å². The number of carbonyl (C=O) groups is 2. The maximum atomic E-state index is 10.8. The number of aldehydes is 2. The summed E-state index contributed by atoms with van der Waals surface area (Å²) in [7, 11) is 0. The van der Waals surface area contributed by atoms with Crippen LogP contribution in [-0.2, 0) is 9.59 Å². The monoisotopic (exact) mass is 279 g/mol. The fourth-order valence-corrected chi connectivity index (χ4v) is 1.42. The van der Waals surface area contributed by atoms with Gasteiger partial charge in [0.2, 0.25) is 0 Å². The molecule has 1 aromatic carbocycles. The molecule has 0 saturated carbocycles. The van der Waals surface area contributed by atoms with Gasteiger partial charge in [0.1, 0.15) is 6.29 Å². The standard InChI is InChI=1S/C12H10BrNO2/c1-8(6-15)11(7-16)12(14)9-2-4-10(13)5-3-9/h2-7H,1,14H2/b12-11-. The molecule has 1 rings (SSSR count). The average Bonchev–Trinajstić information content (AvgIpc) is 2.30. The van der Waals surface area contributed by atoms with E-state index in [2.05, 4.69) is 22.5 Å². The summed E-state index contributed by atoms with van der Waals surface area (Å²) >= 11 is 3.29. The highest BCUT2D eigenvalue weighted by Gasteiger charge is 2.08. The maximum Gasteiger partial charge on any atom is 0.152 e. The van der Waals surface area contributed by atoms with E-state index in [-0.39, 0.29) is 16.8 Å². The molecule has 0 aromatic heterocycles. The van der Waals surface area contributed by atoms with Crippen molar-refractivity contribution in [1.29, 1.82) is 0 Å². The number of benzene rings is 1. The van der Waals surface area contributed by atoms with Gasteiger partial charge in [0, 0.05) is 15.6 Å². The summed E-state index contributed by atoms with van der Waals surface area (Å²) in [6.45, 7) is 3.46. The molecule has 82 valence electrons. The average molecular weight is 280 g/mol. The third-order valence-electron chi connectivity index (χ3n) is 2.05. The van der Waals surface area contributed by atoms with Crippen molar-refractivity contribution < 1.29 is 9.59 Å². The molecule has 0 atom stereocenters. The van der Waals surface area contributed by atoms with Crippen LogP contribution >= 0.6 is 15.9 Å². The Morgan fingerprint density at radius 3 is 2.19 bits per heavy atom. The van der Waals surface area contributed by atoms with Crippen molar-refractivity contribution >= 4 is 34.2 Å². The van der Waals surface area contributed by atoms with Crippen LogP contribution in [0, 0.1) is 0 Å². The van der Waals surface area contributed by atoms with Gasteiger partial charge < -0.3 is 5.73 Å². The summed E-state index contributed by atoms with van der Waals surface area (Å²) in [5.41, 5.74) is 6.92. The number of halogens is 1. The van der Waals surface area contributed by atoms with E-state index < -0.39 is 0 Å². The lowest BCUT2D eigenvalue weighted by molar-refractivity contribution is -0.107. The summed E-state index contributed by atoms with van der Waals surface area (Å²) in [5.74, 6) is 0. The van der Waals surface area contributed by atoms with Gasteiger partial charge in [-0.05, 0) is 17.7 Å². The Balaban J connectivity index is 3.24. The van der Waals surface area contributed by atoms with E-state index in [1.54, 1.807) is 24.3 Å². The number of allylic oxidation sites excluding steroid dienone is 2. The van der Waals surface area contributed by atoms with Gasteiger partial charge >= 0.3 is 0 Å². The molecule has 0 fully saturated rings. The van der Waals surface area contributed by atoms with E-state index in [0.29, 0.717) is 18.1 Å². The molecule has 0 radical (unpaired) electrons. The predicted octanol–water partition coefficient (Wildman–Crippen LogP) is 2.07. The minimum atomic E-state index is 0.0791. The summed E-state index contributed by atoms with van der Waals surface area (Å²) < 4.78 is 0.908. The van der Waals surface area contributed by atoms with E-state index in [1.807, 2.05) is 0 Å². The molecule has 16 heavy (non-hydrogen) atoms. The van der Waals surface area contributed by atoms with E-state index in [9.17, 15) is 9.59 Å². The van der Waals surface area contributed by atoms with Crippen LogP contribution in [0.5, 0.6) is 0 Å². The van der Waals surface area contributed by atoms with Crippen molar-refractivity contribution in [3.8, 4) is 0 Å². The van der Waals surface area contributed by atoms with Crippen molar-refractivity contribution in [3.63, 3.8) is 0 Å². The lowest BCUT2D eigenvalue weighted by Crippen LogP contribution is -2.05. The molecular weight excluding hydrogens is 270 g/mol. The van der Waals surface area contributed by atoms with Crippen LogP contribution in [0.25, 0.3) is 5.70 Å². The van der Waals surface area contributed by atoms with Gasteiger partial charge in [0.15, 0.2) is 6.29 Å². The maximum absolute atomic E-state index is 10.8. The molecule has 0 amide bonds. The second-order valence-corrected chi connectivity index (χ2v) is 4.01. The van der Waals surface area contributed by atoms with Gasteiger partial charge in [0.05, 0.1) is 5.70 Å². The first-order valence-corrected chi connectivity index (χ1v) is 5.24. The predicted molar refractivity (Wildman–Crippen MR) is 66.5 cm³/mol. The Bertz CT molecular complexity index is 460. The summed E-state index contributed by atoms with van der Waals surface area (Å²) in [5, 5.41) is 0. The normalized spacial score (nSPS) is 11.6. The second-order valence-electron chi connectivity index (χ2n) is 3.10. The van der Waals surface area contributed by atoms with Crippen LogP contribution in [0.3, 0.4) is 0 Å². The van der Waals surface area contributed by atoms with E-state index in [1.165, 1.54) is 0 Å². The SMILES string of the molecule is C=C(C=O)/C(C=O)=C(\N)c1ccc(Br)cc1. The Hall–Kier alpha value is -1.68. The molecule has 0 heterocycles. The first-order valence-electron chi connectivity index (χ1n) is 4.45. The Morgan fingerprint density at radius 2 is 1.75 bits per heavy atom. The highest BCUT2D eigenvalue weighted by Crippen LogP contribution is 2.18. The molecular formula is C12H10BrNO2. The third kappa shape index (κ3) is 2.67. The van der Waals surface area contributed by atoms with Gasteiger partial charge in [-0.3, -0.25) is 9.59 Å². The fourth-order valence-electron chi connectivity index (χ4n) is 1.16. The van der Waals surface area contributed by atoms with Crippen LogP contribution < -0.4 is 5.73 Å². The first kappa shape index (κ1) is 12.4. The molecule has 0 aliphatic carbocycles. The lowest BCUT2D eigenvalue weighted by Gasteiger charge is -2.05. The number of nitrogens with two attached hydrogens (primary N) is 1. The van der Waals surface area contributed by atoms with Gasteiger partial charge in [-0.1, -0.05) is 34.6 Å². The second kappa shape index (κ2) is 5.42. The lowest BCUT2D eigenvalue weighted by atomic mass is 10.0. The zero-order valence-corrected chi connectivity index (χ0v) is 10.0. The number of hydrogen-bond donors (Lipinski definition) is 1. The minimum Gasteiger partial charge on any atom is -0.398 e. The Morgan fingerprint density at radius 1 is 1.19 bits per heavy atom. The Labute approximate surface area is 102 Å². The largest absolute Gasteiger partial charge is 0.398 e. The summed E-state index contributed by atoms with van der Waals surface area (Å²) in [6, 6.07) is 7.10. The number of rotatable bonds is 4. The number of carbonyl (C=O) groups excluding carboxylic acids is 2. The van der Waals surface area contributed by atoms with Crippen molar-refractivity contribution in [3.05, 3.63) is 52.0 Å². The smallest absolute Gasteiger partial charge is 0.152 e. The summed E-state index contributed by atoms with van der Waals surface area (Å²) in [4.78, 5) is 21.4. The molecule has 2 N–H and O–H groups in total. The topological polar surface area (TPSA) is 60.2 Å². The quantitative estimate of drug-likeness (QED) is 0.522. The molecule has 3 nitrogen and oxygen atoms in total. The first-order chi connectivity index (χ1) is 7.60. The van der Waals surface area contributed by atoms with E-state index >= 15 is 0 Å². The highest BCUT2D eigenvalue weighted by molar-refractivity contribution is 9.10. The van der Waals surface area contributed by atoms with Crippen molar-refractivity contribution in [2.24, 2.45) is 5.73 Å². The molecule has 0 aliphatic rings. The van der Waals surface area contributed by atoms with Crippen LogP contribution in [0.15, 0.2) is 46.5 Å². The summed E-state index contributed by atoms with van der Waals surface area (Å²) in [6.07, 6.45) is 1.05. The van der Waals surface area contributed by atoms with Crippen molar-refractivity contribution in [1.82, 2.24) is 0 Å². The molecule has 0 aliphatic heterocycles. The van der Waals surface area contributed by atoms with Crippen LogP contribution in [0.1, 0.15) is 5.56 Å². The van der Waals surface area contributed by atoms with Gasteiger partial charge in [0.25, 0.3) is 0 Å². The molecule has 4 heteroatoms. The van der Waals surface area contributed by atoms with Gasteiger partial charge in [-0.2, -0.15) is 0 Å². The Kier molecular flexibility index (Phi) is 4.19. The van der Waals surface area contributed by atoms with Crippen LogP contribution in [0.4, 0.5) is 0 Å². The molecule has 0 bridgehead atoms. The molecule has 0 unspecified atom stereocenters. The fraction of sp³-hybridized carbons (Fsp3) is 0. The molecule has 1 aromatic rings. The van der Waals surface area contributed by atoms with Crippen LogP contribution in [-0.4, -0.2) is 12.6 Å². The molecule has 0 saturated heterocycles. The van der Waals surface area contributed by atoms with Crippen molar-refractivity contribution in [2.75, 3.05) is 0 Å². The van der Waals surface area contributed by atoms with E-state index in [4.69, 9.17) is 5.73 Å². The van der Waals surface area contributed by atoms with E-state index in [0.717, 1.165) is 4.47 Å². The minimum absolute atomic E-state index is 0.0791. The molecule has 0 spiro atoms. The van der Waals surface area contributed by atoms with Crippen molar-refractivity contribution in [2.45, 2.75) is 0 Å². The number of hydrogen-bond acceptors (Lipinski definition) is 3. The highest BCUT2D eigenvalue weighted by atomic mass is 79.9.